The van der Waals surface area contributed by atoms with Crippen molar-refractivity contribution in [3.8, 4) is 0 Å². The highest BCUT2D eigenvalue weighted by atomic mass is 16.6. The van der Waals surface area contributed by atoms with E-state index in [4.69, 9.17) is 4.74 Å². The number of rotatable bonds is 7. The third-order valence-electron chi connectivity index (χ3n) is 3.37. The molecule has 0 fully saturated rings. The molecule has 27 heavy (non-hydrogen) atoms. The van der Waals surface area contributed by atoms with E-state index in [-0.39, 0.29) is 18.0 Å². The molecule has 2 N–H and O–H groups in total. The number of hydrogen-bond donors (Lipinski definition) is 2. The molecule has 0 aromatic heterocycles. The summed E-state index contributed by atoms with van der Waals surface area (Å²) in [5, 5.41) is 22.5. The van der Waals surface area contributed by atoms with E-state index in [2.05, 4.69) is 5.32 Å². The van der Waals surface area contributed by atoms with Crippen LogP contribution in [0.15, 0.2) is 60.3 Å². The molecular weight excluding hydrogens is 352 g/mol. The van der Waals surface area contributed by atoms with Crippen LogP contribution in [0.2, 0.25) is 0 Å². The number of aliphatic hydroxyl groups excluding tert-OH is 1. The van der Waals surface area contributed by atoms with Gasteiger partial charge in [-0.05, 0) is 42.8 Å². The maximum atomic E-state index is 12.3. The molecule has 0 spiro atoms. The number of nitrogens with zero attached hydrogens (tertiary/aromatic N) is 1. The fraction of sp³-hybridized carbons (Fsp3) is 0.158. The summed E-state index contributed by atoms with van der Waals surface area (Å²) in [6.45, 7) is 1.22. The van der Waals surface area contributed by atoms with Crippen molar-refractivity contribution in [1.29, 1.82) is 0 Å². The van der Waals surface area contributed by atoms with E-state index in [1.165, 1.54) is 37.3 Å². The molecule has 0 saturated carbocycles. The van der Waals surface area contributed by atoms with Crippen LogP contribution in [0.25, 0.3) is 6.08 Å². The highest BCUT2D eigenvalue weighted by Crippen LogP contribution is 2.15. The van der Waals surface area contributed by atoms with Crippen molar-refractivity contribution in [2.24, 2.45) is 0 Å². The van der Waals surface area contributed by atoms with E-state index in [1.54, 1.807) is 30.3 Å². The standard InChI is InChI=1S/C19H18N2O6/c1-13(22)12-27-19(24)17(20-18(23)15-5-3-2-4-6-15)11-14-7-9-16(10-8-14)21(25)26/h2-11,13,22H,12H2,1H3,(H,20,23). The van der Waals surface area contributed by atoms with Gasteiger partial charge in [0.2, 0.25) is 0 Å². The average molecular weight is 370 g/mol. The van der Waals surface area contributed by atoms with Crippen LogP contribution in [0.5, 0.6) is 0 Å². The van der Waals surface area contributed by atoms with E-state index in [9.17, 15) is 24.8 Å². The van der Waals surface area contributed by atoms with Crippen molar-refractivity contribution in [3.63, 3.8) is 0 Å². The number of nitro groups is 1. The summed E-state index contributed by atoms with van der Waals surface area (Å²) in [4.78, 5) is 34.8. The monoisotopic (exact) mass is 370 g/mol. The molecule has 0 bridgehead atoms. The molecule has 1 unspecified atom stereocenters. The Morgan fingerprint density at radius 2 is 1.81 bits per heavy atom. The Bertz CT molecular complexity index is 844. The normalized spacial score (nSPS) is 12.1. The smallest absolute Gasteiger partial charge is 0.354 e. The third kappa shape index (κ3) is 6.05. The molecule has 0 aliphatic rings. The van der Waals surface area contributed by atoms with Gasteiger partial charge >= 0.3 is 5.97 Å². The first-order valence-electron chi connectivity index (χ1n) is 8.04. The van der Waals surface area contributed by atoms with Crippen LogP contribution in [-0.4, -0.2) is 34.6 Å². The number of hydrogen-bond acceptors (Lipinski definition) is 6. The van der Waals surface area contributed by atoms with Crippen molar-refractivity contribution in [2.75, 3.05) is 6.61 Å². The van der Waals surface area contributed by atoms with Crippen LogP contribution in [0.4, 0.5) is 5.69 Å². The number of nitrogens with one attached hydrogen (secondary N) is 1. The zero-order valence-corrected chi connectivity index (χ0v) is 14.5. The van der Waals surface area contributed by atoms with Gasteiger partial charge in [-0.1, -0.05) is 18.2 Å². The highest BCUT2D eigenvalue weighted by molar-refractivity contribution is 6.03. The van der Waals surface area contributed by atoms with Crippen molar-refractivity contribution in [1.82, 2.24) is 5.32 Å². The van der Waals surface area contributed by atoms with Gasteiger partial charge in [-0.25, -0.2) is 4.79 Å². The molecule has 2 aromatic rings. The van der Waals surface area contributed by atoms with Crippen molar-refractivity contribution >= 4 is 23.6 Å². The fourth-order valence-corrected chi connectivity index (χ4v) is 2.06. The topological polar surface area (TPSA) is 119 Å². The van der Waals surface area contributed by atoms with Gasteiger partial charge in [0.25, 0.3) is 11.6 Å². The molecule has 1 atom stereocenters. The molecular formula is C19H18N2O6. The number of benzene rings is 2. The predicted molar refractivity (Wildman–Crippen MR) is 97.6 cm³/mol. The summed E-state index contributed by atoms with van der Waals surface area (Å²) in [6.07, 6.45) is 0.481. The minimum atomic E-state index is -0.862. The molecule has 1 amide bonds. The van der Waals surface area contributed by atoms with Gasteiger partial charge in [0.1, 0.15) is 12.3 Å². The lowest BCUT2D eigenvalue weighted by Gasteiger charge is -2.11. The lowest BCUT2D eigenvalue weighted by Crippen LogP contribution is -2.29. The van der Waals surface area contributed by atoms with Gasteiger partial charge in [0, 0.05) is 17.7 Å². The molecule has 2 aromatic carbocycles. The summed E-state index contributed by atoms with van der Waals surface area (Å²) >= 11 is 0. The van der Waals surface area contributed by atoms with E-state index < -0.39 is 22.9 Å². The number of aliphatic hydroxyl groups is 1. The van der Waals surface area contributed by atoms with Crippen LogP contribution in [0, 0.1) is 10.1 Å². The molecule has 0 radical (unpaired) electrons. The SMILES string of the molecule is CC(O)COC(=O)C(=Cc1ccc([N+](=O)[O-])cc1)NC(=O)c1ccccc1. The lowest BCUT2D eigenvalue weighted by molar-refractivity contribution is -0.384. The maximum Gasteiger partial charge on any atom is 0.354 e. The average Bonchev–Trinajstić information content (AvgIpc) is 2.66. The summed E-state index contributed by atoms with van der Waals surface area (Å²) in [6, 6.07) is 13.7. The Labute approximate surface area is 155 Å². The number of nitro benzene ring substituents is 1. The van der Waals surface area contributed by atoms with E-state index >= 15 is 0 Å². The van der Waals surface area contributed by atoms with Crippen LogP contribution in [-0.2, 0) is 9.53 Å². The quantitative estimate of drug-likeness (QED) is 0.334. The second-order valence-electron chi connectivity index (χ2n) is 5.67. The van der Waals surface area contributed by atoms with Crippen molar-refractivity contribution in [2.45, 2.75) is 13.0 Å². The lowest BCUT2D eigenvalue weighted by atomic mass is 10.1. The molecule has 0 heterocycles. The number of carbonyl (C=O) groups is 2. The Morgan fingerprint density at radius 3 is 2.37 bits per heavy atom. The third-order valence-corrected chi connectivity index (χ3v) is 3.37. The van der Waals surface area contributed by atoms with Crippen LogP contribution in [0.3, 0.4) is 0 Å². The van der Waals surface area contributed by atoms with Crippen LogP contribution in [0.1, 0.15) is 22.8 Å². The second kappa shape index (κ2) is 9.25. The fourth-order valence-electron chi connectivity index (χ4n) is 2.06. The molecule has 8 nitrogen and oxygen atoms in total. The first-order chi connectivity index (χ1) is 12.9. The Hall–Kier alpha value is -3.52. The molecule has 2 rings (SSSR count). The summed E-state index contributed by atoms with van der Waals surface area (Å²) in [5.41, 5.74) is 0.547. The number of carbonyl (C=O) groups excluding carboxylic acids is 2. The Balaban J connectivity index is 2.26. The Kier molecular flexibility index (Phi) is 6.79. The Morgan fingerprint density at radius 1 is 1.19 bits per heavy atom. The summed E-state index contributed by atoms with van der Waals surface area (Å²) in [5.74, 6) is -1.35. The highest BCUT2D eigenvalue weighted by Gasteiger charge is 2.17. The van der Waals surface area contributed by atoms with Gasteiger partial charge < -0.3 is 15.2 Å². The minimum Gasteiger partial charge on any atom is -0.458 e. The van der Waals surface area contributed by atoms with Gasteiger partial charge in [-0.15, -0.1) is 0 Å². The minimum absolute atomic E-state index is 0.0984. The molecule has 140 valence electrons. The van der Waals surface area contributed by atoms with Gasteiger partial charge in [0.15, 0.2) is 0 Å². The van der Waals surface area contributed by atoms with Gasteiger partial charge in [-0.2, -0.15) is 0 Å². The molecule has 0 saturated heterocycles. The molecule has 0 aliphatic carbocycles. The van der Waals surface area contributed by atoms with E-state index in [0.29, 0.717) is 11.1 Å². The number of amides is 1. The zero-order chi connectivity index (χ0) is 19.8. The van der Waals surface area contributed by atoms with Crippen LogP contribution < -0.4 is 5.32 Å². The number of esters is 1. The maximum absolute atomic E-state index is 12.3. The first kappa shape index (κ1) is 19.8. The zero-order valence-electron chi connectivity index (χ0n) is 14.5. The van der Waals surface area contributed by atoms with E-state index in [0.717, 1.165) is 0 Å². The number of non-ortho nitro benzene ring substituents is 1. The van der Waals surface area contributed by atoms with Crippen molar-refractivity contribution < 1.29 is 24.4 Å². The van der Waals surface area contributed by atoms with Crippen LogP contribution >= 0.6 is 0 Å². The van der Waals surface area contributed by atoms with Gasteiger partial charge in [-0.3, -0.25) is 14.9 Å². The molecule has 8 heteroatoms. The van der Waals surface area contributed by atoms with Gasteiger partial charge in [0.05, 0.1) is 11.0 Å². The first-order valence-corrected chi connectivity index (χ1v) is 8.04. The summed E-state index contributed by atoms with van der Waals surface area (Å²) in [7, 11) is 0. The second-order valence-corrected chi connectivity index (χ2v) is 5.67. The molecule has 0 aliphatic heterocycles. The van der Waals surface area contributed by atoms with Crippen molar-refractivity contribution in [3.05, 3.63) is 81.5 Å². The number of ether oxygens (including phenoxy) is 1. The summed E-state index contributed by atoms with van der Waals surface area (Å²) < 4.78 is 4.96. The largest absolute Gasteiger partial charge is 0.458 e. The predicted octanol–water partition coefficient (Wildman–Crippen LogP) is 2.29. The van der Waals surface area contributed by atoms with E-state index in [1.807, 2.05) is 0 Å².